The Morgan fingerprint density at radius 2 is 1.70 bits per heavy atom. The summed E-state index contributed by atoms with van der Waals surface area (Å²) < 4.78 is 0. The first-order chi connectivity index (χ1) is 14.5. The van der Waals surface area contributed by atoms with Crippen LogP contribution in [0.5, 0.6) is 0 Å². The van der Waals surface area contributed by atoms with Gasteiger partial charge in [-0.05, 0) is 59.0 Å². The first-order valence-corrected chi connectivity index (χ1v) is 10.7. The fraction of sp³-hybridized carbons (Fsp3) is 0.0833. The van der Waals surface area contributed by atoms with Crippen LogP contribution < -0.4 is 10.6 Å². The summed E-state index contributed by atoms with van der Waals surface area (Å²) >= 11 is 7.56. The highest BCUT2D eigenvalue weighted by atomic mass is 35.5. The lowest BCUT2D eigenvalue weighted by Gasteiger charge is -2.16. The Balaban J connectivity index is 1.50. The monoisotopic (exact) mass is 434 g/mol. The van der Waals surface area contributed by atoms with Crippen molar-refractivity contribution in [1.29, 1.82) is 0 Å². The van der Waals surface area contributed by atoms with E-state index in [1.165, 1.54) is 11.3 Å². The number of rotatable bonds is 5. The fourth-order valence-corrected chi connectivity index (χ4v) is 3.98. The molecule has 4 rings (SSSR count). The molecule has 0 saturated carbocycles. The summed E-state index contributed by atoms with van der Waals surface area (Å²) in [4.78, 5) is 25.7. The lowest BCUT2D eigenvalue weighted by atomic mass is 10.0. The minimum Gasteiger partial charge on any atom is -0.346 e. The molecule has 2 N–H and O–H groups in total. The van der Waals surface area contributed by atoms with Crippen molar-refractivity contribution in [3.05, 3.63) is 99.2 Å². The van der Waals surface area contributed by atoms with Crippen LogP contribution in [0.1, 0.15) is 38.6 Å². The molecule has 0 radical (unpaired) electrons. The number of carbonyl (C=O) groups excluding carboxylic acids is 2. The Kier molecular flexibility index (Phi) is 5.84. The molecule has 0 aliphatic rings. The molecule has 150 valence electrons. The van der Waals surface area contributed by atoms with Crippen molar-refractivity contribution >= 4 is 51.2 Å². The maximum absolute atomic E-state index is 12.8. The summed E-state index contributed by atoms with van der Waals surface area (Å²) in [6, 6.07) is 22.5. The van der Waals surface area contributed by atoms with E-state index in [-0.39, 0.29) is 17.9 Å². The van der Waals surface area contributed by atoms with Gasteiger partial charge in [-0.15, -0.1) is 11.3 Å². The third-order valence-corrected chi connectivity index (χ3v) is 6.04. The topological polar surface area (TPSA) is 58.2 Å². The number of nitrogens with one attached hydrogen (secondary N) is 2. The molecule has 1 unspecified atom stereocenters. The lowest BCUT2D eigenvalue weighted by Crippen LogP contribution is -2.26. The van der Waals surface area contributed by atoms with E-state index in [1.807, 2.05) is 36.6 Å². The van der Waals surface area contributed by atoms with E-state index in [1.54, 1.807) is 30.3 Å². The third kappa shape index (κ3) is 4.37. The van der Waals surface area contributed by atoms with Crippen molar-refractivity contribution < 1.29 is 9.59 Å². The van der Waals surface area contributed by atoms with Crippen LogP contribution in [0.3, 0.4) is 0 Å². The van der Waals surface area contributed by atoms with Gasteiger partial charge in [0, 0.05) is 5.56 Å². The van der Waals surface area contributed by atoms with E-state index in [0.717, 1.165) is 16.3 Å². The molecule has 1 aromatic heterocycles. The van der Waals surface area contributed by atoms with Crippen molar-refractivity contribution in [2.24, 2.45) is 0 Å². The molecule has 0 bridgehead atoms. The van der Waals surface area contributed by atoms with Crippen LogP contribution in [0.15, 0.2) is 78.2 Å². The maximum atomic E-state index is 12.8. The Morgan fingerprint density at radius 1 is 0.900 bits per heavy atom. The molecular formula is C24H19ClN2O2S. The van der Waals surface area contributed by atoms with Crippen LogP contribution in [-0.4, -0.2) is 11.8 Å². The molecule has 30 heavy (non-hydrogen) atoms. The van der Waals surface area contributed by atoms with Gasteiger partial charge in [0.25, 0.3) is 11.8 Å². The van der Waals surface area contributed by atoms with Gasteiger partial charge < -0.3 is 10.6 Å². The van der Waals surface area contributed by atoms with Crippen molar-refractivity contribution in [1.82, 2.24) is 5.32 Å². The molecule has 6 heteroatoms. The summed E-state index contributed by atoms with van der Waals surface area (Å²) in [5.74, 6) is -0.493. The predicted molar refractivity (Wildman–Crippen MR) is 124 cm³/mol. The molecule has 0 aliphatic heterocycles. The molecule has 0 saturated heterocycles. The molecule has 4 nitrogen and oxygen atoms in total. The standard InChI is InChI=1S/C24H19ClN2O2S/c1-15(17-9-8-16-5-2-3-6-18(16)13-17)26-23(28)19-10-11-20(25)21(14-19)27-24(29)22-7-4-12-30-22/h2-15H,1H3,(H,26,28)(H,27,29). The number of amides is 2. The Hall–Kier alpha value is -3.15. The zero-order valence-electron chi connectivity index (χ0n) is 16.2. The number of hydrogen-bond acceptors (Lipinski definition) is 3. The van der Waals surface area contributed by atoms with E-state index >= 15 is 0 Å². The van der Waals surface area contributed by atoms with E-state index in [0.29, 0.717) is 21.2 Å². The third-order valence-electron chi connectivity index (χ3n) is 4.84. The number of thiophene rings is 1. The van der Waals surface area contributed by atoms with Crippen molar-refractivity contribution in [3.8, 4) is 0 Å². The van der Waals surface area contributed by atoms with Crippen molar-refractivity contribution in [2.75, 3.05) is 5.32 Å². The zero-order chi connectivity index (χ0) is 21.1. The summed E-state index contributed by atoms with van der Waals surface area (Å²) in [5.41, 5.74) is 1.84. The Labute approximate surface area is 183 Å². The number of fused-ring (bicyclic) bond motifs is 1. The minimum absolute atomic E-state index is 0.179. The number of anilines is 1. The second-order valence-electron chi connectivity index (χ2n) is 6.93. The number of hydrogen-bond donors (Lipinski definition) is 2. The van der Waals surface area contributed by atoms with Crippen molar-refractivity contribution in [3.63, 3.8) is 0 Å². The van der Waals surface area contributed by atoms with Gasteiger partial charge in [-0.2, -0.15) is 0 Å². The highest BCUT2D eigenvalue weighted by molar-refractivity contribution is 7.12. The second kappa shape index (κ2) is 8.69. The maximum Gasteiger partial charge on any atom is 0.265 e. The highest BCUT2D eigenvalue weighted by Crippen LogP contribution is 2.25. The van der Waals surface area contributed by atoms with Gasteiger partial charge in [0.15, 0.2) is 0 Å². The zero-order valence-corrected chi connectivity index (χ0v) is 17.8. The fourth-order valence-electron chi connectivity index (χ4n) is 3.19. The summed E-state index contributed by atoms with van der Waals surface area (Å²) in [5, 5.41) is 10.3. The molecule has 4 aromatic rings. The van der Waals surface area contributed by atoms with E-state index in [4.69, 9.17) is 11.6 Å². The van der Waals surface area contributed by atoms with E-state index in [9.17, 15) is 9.59 Å². The summed E-state index contributed by atoms with van der Waals surface area (Å²) in [7, 11) is 0. The van der Waals surface area contributed by atoms with Crippen LogP contribution in [0, 0.1) is 0 Å². The van der Waals surface area contributed by atoms with Crippen LogP contribution in [0.4, 0.5) is 5.69 Å². The number of carbonyl (C=O) groups is 2. The van der Waals surface area contributed by atoms with E-state index in [2.05, 4.69) is 28.8 Å². The Bertz CT molecular complexity index is 1220. The molecule has 0 spiro atoms. The second-order valence-corrected chi connectivity index (χ2v) is 8.28. The normalized spacial score (nSPS) is 11.8. The highest BCUT2D eigenvalue weighted by Gasteiger charge is 2.15. The average molecular weight is 435 g/mol. The van der Waals surface area contributed by atoms with Gasteiger partial charge >= 0.3 is 0 Å². The van der Waals surface area contributed by atoms with Gasteiger partial charge in [0.1, 0.15) is 0 Å². The number of benzene rings is 3. The van der Waals surface area contributed by atoms with Gasteiger partial charge in [-0.1, -0.05) is 54.1 Å². The van der Waals surface area contributed by atoms with Gasteiger partial charge in [0.2, 0.25) is 0 Å². The summed E-state index contributed by atoms with van der Waals surface area (Å²) in [6.07, 6.45) is 0. The smallest absolute Gasteiger partial charge is 0.265 e. The van der Waals surface area contributed by atoms with Crippen molar-refractivity contribution in [2.45, 2.75) is 13.0 Å². The predicted octanol–water partition coefficient (Wildman–Crippen LogP) is 6.30. The van der Waals surface area contributed by atoms with Crippen LogP contribution >= 0.6 is 22.9 Å². The largest absolute Gasteiger partial charge is 0.346 e. The Morgan fingerprint density at radius 3 is 2.47 bits per heavy atom. The average Bonchev–Trinajstić information content (AvgIpc) is 3.30. The summed E-state index contributed by atoms with van der Waals surface area (Å²) in [6.45, 7) is 1.94. The lowest BCUT2D eigenvalue weighted by molar-refractivity contribution is 0.0938. The molecule has 1 atom stereocenters. The quantitative estimate of drug-likeness (QED) is 0.387. The van der Waals surface area contributed by atoms with Crippen LogP contribution in [0.2, 0.25) is 5.02 Å². The molecule has 3 aromatic carbocycles. The molecule has 0 aliphatic carbocycles. The SMILES string of the molecule is CC(NC(=O)c1ccc(Cl)c(NC(=O)c2cccs2)c1)c1ccc2ccccc2c1. The molecule has 1 heterocycles. The minimum atomic E-state index is -0.256. The van der Waals surface area contributed by atoms with E-state index < -0.39 is 0 Å². The molecule has 2 amide bonds. The van der Waals surface area contributed by atoms with Gasteiger partial charge in [-0.3, -0.25) is 9.59 Å². The molecule has 0 fully saturated rings. The van der Waals surface area contributed by atoms with Crippen LogP contribution in [0.25, 0.3) is 10.8 Å². The van der Waals surface area contributed by atoms with Gasteiger partial charge in [0.05, 0.1) is 21.6 Å². The van der Waals surface area contributed by atoms with Crippen LogP contribution in [-0.2, 0) is 0 Å². The first kappa shape index (κ1) is 20.1. The number of halogens is 1. The molecular weight excluding hydrogens is 416 g/mol. The van der Waals surface area contributed by atoms with Gasteiger partial charge in [-0.25, -0.2) is 0 Å². The first-order valence-electron chi connectivity index (χ1n) is 9.45.